The van der Waals surface area contributed by atoms with Gasteiger partial charge in [0.2, 0.25) is 11.8 Å². The summed E-state index contributed by atoms with van der Waals surface area (Å²) in [4.78, 5) is 68.6. The van der Waals surface area contributed by atoms with Gasteiger partial charge < -0.3 is 59.7 Å². The summed E-state index contributed by atoms with van der Waals surface area (Å²) in [5, 5.41) is 35.0. The molecule has 0 radical (unpaired) electrons. The maximum Gasteiger partial charge on any atom is 0.335 e. The van der Waals surface area contributed by atoms with E-state index in [1.165, 1.54) is 54.6 Å². The summed E-state index contributed by atoms with van der Waals surface area (Å²) in [6.07, 6.45) is 2.75. The first-order chi connectivity index (χ1) is 39.1. The number of hydrogen-bond acceptors (Lipinski definition) is 12. The van der Waals surface area contributed by atoms with Crippen molar-refractivity contribution in [3.8, 4) is 34.5 Å². The lowest BCUT2D eigenvalue weighted by atomic mass is 10.1. The zero-order chi connectivity index (χ0) is 58.4. The number of ether oxygens (including phenoxy) is 6. The van der Waals surface area contributed by atoms with E-state index in [4.69, 9.17) is 43.7 Å². The van der Waals surface area contributed by atoms with Crippen molar-refractivity contribution in [3.63, 3.8) is 0 Å². The van der Waals surface area contributed by atoms with E-state index in [1.807, 2.05) is 45.0 Å². The minimum atomic E-state index is -1.01. The monoisotopic (exact) mass is 1110 g/mol. The molecule has 6 N–H and O–H groups in total. The first-order valence-corrected chi connectivity index (χ1v) is 25.8. The van der Waals surface area contributed by atoms with Gasteiger partial charge in [-0.1, -0.05) is 75.7 Å². The molecule has 7 aromatic rings. The Kier molecular flexibility index (Phi) is 25.5. The number of amides is 3. The lowest BCUT2D eigenvalue weighted by molar-refractivity contribution is -0.117. The average molecular weight is 1110 g/mol. The lowest BCUT2D eigenvalue weighted by Crippen LogP contribution is -2.15. The lowest BCUT2D eigenvalue weighted by Gasteiger charge is -2.13. The third kappa shape index (κ3) is 22.2. The zero-order valence-corrected chi connectivity index (χ0v) is 44.9. The number of carbonyl (C=O) groups is 6. The number of aromatic carboxylic acids is 3. The highest BCUT2D eigenvalue weighted by Gasteiger charge is 2.15. The van der Waals surface area contributed by atoms with Crippen molar-refractivity contribution >= 4 is 52.7 Å². The number of para-hydroxylation sites is 6. The van der Waals surface area contributed by atoms with Gasteiger partial charge >= 0.3 is 17.9 Å². The molecule has 0 spiro atoms. The first-order valence-electron chi connectivity index (χ1n) is 25.8. The topological polar surface area (TPSA) is 255 Å². The Labute approximate surface area is 468 Å². The molecule has 18 nitrogen and oxygen atoms in total. The zero-order valence-electron chi connectivity index (χ0n) is 44.9. The van der Waals surface area contributed by atoms with Crippen molar-refractivity contribution in [1.29, 1.82) is 0 Å². The van der Waals surface area contributed by atoms with Crippen LogP contribution in [0.5, 0.6) is 34.5 Å². The minimum Gasteiger partial charge on any atom is -0.490 e. The fourth-order valence-electron chi connectivity index (χ4n) is 7.06. The number of nitrogens with one attached hydrogen (secondary N) is 3. The number of anilines is 3. The third-order valence-electron chi connectivity index (χ3n) is 11.1. The number of carbonyl (C=O) groups excluding carboxylic acids is 3. The Balaban J connectivity index is 0.000000224. The molecule has 0 aromatic heterocycles. The fraction of sp³-hybridized carbons (Fsp3) is 0.226. The van der Waals surface area contributed by atoms with E-state index >= 15 is 0 Å². The van der Waals surface area contributed by atoms with Gasteiger partial charge in [0.1, 0.15) is 80.0 Å². The molecule has 7 aromatic carbocycles. The molecule has 7 rings (SSSR count). The van der Waals surface area contributed by atoms with Crippen molar-refractivity contribution in [2.45, 2.75) is 46.5 Å². The molecule has 0 atom stereocenters. The van der Waals surface area contributed by atoms with E-state index in [0.29, 0.717) is 84.2 Å². The van der Waals surface area contributed by atoms with Crippen molar-refractivity contribution in [3.05, 3.63) is 198 Å². The van der Waals surface area contributed by atoms with Crippen LogP contribution in [0.25, 0.3) is 0 Å². The van der Waals surface area contributed by atoms with Crippen LogP contribution >= 0.6 is 0 Å². The molecule has 3 amide bonds. The van der Waals surface area contributed by atoms with Crippen LogP contribution in [0.15, 0.2) is 170 Å². The molecule has 0 saturated carbocycles. The van der Waals surface area contributed by atoms with Crippen LogP contribution in [0.3, 0.4) is 0 Å². The van der Waals surface area contributed by atoms with E-state index in [-0.39, 0.29) is 59.8 Å². The summed E-state index contributed by atoms with van der Waals surface area (Å²) in [5.41, 5.74) is 2.21. The van der Waals surface area contributed by atoms with Gasteiger partial charge in [-0.3, -0.25) is 14.4 Å². The maximum absolute atomic E-state index is 13.8. The van der Waals surface area contributed by atoms with Crippen LogP contribution in [0.4, 0.5) is 21.5 Å². The smallest absolute Gasteiger partial charge is 0.335 e. The Morgan fingerprint density at radius 3 is 1.12 bits per heavy atom. The van der Waals surface area contributed by atoms with Crippen LogP contribution in [0.2, 0.25) is 0 Å². The van der Waals surface area contributed by atoms with Gasteiger partial charge in [0.05, 0.1) is 39.3 Å². The molecular weight excluding hydrogens is 1050 g/mol. The Morgan fingerprint density at radius 2 is 0.765 bits per heavy atom. The van der Waals surface area contributed by atoms with Crippen LogP contribution in [-0.2, 0) is 9.59 Å². The highest BCUT2D eigenvalue weighted by Crippen LogP contribution is 2.27. The van der Waals surface area contributed by atoms with Gasteiger partial charge in [0.25, 0.3) is 5.91 Å². The highest BCUT2D eigenvalue weighted by molar-refractivity contribution is 6.05. The minimum absolute atomic E-state index is 0.0299. The van der Waals surface area contributed by atoms with Crippen molar-refractivity contribution in [2.75, 3.05) is 55.6 Å². The first kappa shape index (κ1) is 61.9. The highest BCUT2D eigenvalue weighted by atomic mass is 19.1. The second kappa shape index (κ2) is 33.4. The van der Waals surface area contributed by atoms with E-state index < -0.39 is 29.6 Å². The number of hydrogen-bond donors (Lipinski definition) is 6. The number of halogens is 1. The predicted octanol–water partition coefficient (Wildman–Crippen LogP) is 12.0. The van der Waals surface area contributed by atoms with E-state index in [2.05, 4.69) is 16.0 Å². The summed E-state index contributed by atoms with van der Waals surface area (Å²) in [5.74, 6) is -0.704. The average Bonchev–Trinajstić information content (AvgIpc) is 3.46. The summed E-state index contributed by atoms with van der Waals surface area (Å²) < 4.78 is 47.4. The SMILES string of the molecule is CC(C)CC(=O)Nc1ccccc1OCCOc1ccc(C(=O)O)cc1.CCCCC(=O)Nc1ccccc1OCCOc1ccc(C(=O)O)cc1.O=C(O)c1ccc(OCCOc2ccccc2NC(=O)c2ccccc2F)cc1. The number of carboxylic acid groups (broad SMARTS) is 3. The number of unbranched alkanes of at least 4 members (excludes halogenated alkanes) is 1. The molecule has 81 heavy (non-hydrogen) atoms. The second-order valence-electron chi connectivity index (χ2n) is 17.8. The summed E-state index contributed by atoms with van der Waals surface area (Å²) >= 11 is 0. The van der Waals surface area contributed by atoms with Gasteiger partial charge in [0, 0.05) is 12.8 Å². The van der Waals surface area contributed by atoms with E-state index in [1.54, 1.807) is 91.0 Å². The Hall–Kier alpha value is -9.91. The summed E-state index contributed by atoms with van der Waals surface area (Å²) in [7, 11) is 0. The number of carboxylic acids is 3. The van der Waals surface area contributed by atoms with Gasteiger partial charge in [-0.25, -0.2) is 18.8 Å². The molecule has 0 saturated heterocycles. The van der Waals surface area contributed by atoms with Crippen LogP contribution in [-0.4, -0.2) is 90.6 Å². The summed E-state index contributed by atoms with van der Waals surface area (Å²) in [6.45, 7) is 7.59. The number of benzene rings is 7. The Morgan fingerprint density at radius 1 is 0.432 bits per heavy atom. The van der Waals surface area contributed by atoms with E-state index in [9.17, 15) is 33.2 Å². The maximum atomic E-state index is 13.8. The van der Waals surface area contributed by atoms with Gasteiger partial charge in [0.15, 0.2) is 0 Å². The van der Waals surface area contributed by atoms with Crippen molar-refractivity contribution in [1.82, 2.24) is 0 Å². The summed E-state index contributed by atoms with van der Waals surface area (Å²) in [6, 6.07) is 45.4. The Bertz CT molecular complexity index is 3130. The number of rotatable bonds is 27. The molecule has 0 aliphatic carbocycles. The normalized spacial score (nSPS) is 10.3. The standard InChI is InChI=1S/C22H18FNO5.2C20H23NO5/c23-18-6-2-1-5-17(18)21(25)24-19-7-3-4-8-20(19)29-14-13-28-16-11-9-15(10-12-16)22(26)27;1-14(2)13-19(22)21-17-5-3-4-6-18(17)26-12-11-25-16-9-7-15(8-10-16)20(23)24;1-2-3-8-19(22)21-17-6-4-5-7-18(17)26-14-13-25-16-11-9-15(10-12-16)20(23)24/h1-12H,13-14H2,(H,24,25)(H,26,27);3-10,14H,11-13H2,1-2H3,(H,21,22)(H,23,24);4-7,9-12H,2-3,8,13-14H2,1H3,(H,21,22)(H,23,24). The van der Waals surface area contributed by atoms with Crippen LogP contribution in [0.1, 0.15) is 87.9 Å². The molecule has 0 aliphatic heterocycles. The van der Waals surface area contributed by atoms with Crippen molar-refractivity contribution < 1.29 is 76.9 Å². The van der Waals surface area contributed by atoms with Gasteiger partial charge in [-0.15, -0.1) is 0 Å². The fourth-order valence-corrected chi connectivity index (χ4v) is 7.06. The predicted molar refractivity (Wildman–Crippen MR) is 303 cm³/mol. The molecular formula is C62H64FN3O15. The molecule has 19 heteroatoms. The van der Waals surface area contributed by atoms with Crippen LogP contribution < -0.4 is 44.4 Å². The molecule has 424 valence electrons. The quantitative estimate of drug-likeness (QED) is 0.0262. The molecule has 0 unspecified atom stereocenters. The van der Waals surface area contributed by atoms with Crippen LogP contribution in [0, 0.1) is 11.7 Å². The third-order valence-corrected chi connectivity index (χ3v) is 11.1. The molecule has 0 aliphatic rings. The van der Waals surface area contributed by atoms with Gasteiger partial charge in [-0.2, -0.15) is 0 Å². The molecule has 0 heterocycles. The second-order valence-corrected chi connectivity index (χ2v) is 17.8. The molecule has 0 bridgehead atoms. The van der Waals surface area contributed by atoms with Crippen molar-refractivity contribution in [2.24, 2.45) is 5.92 Å². The molecule has 0 fully saturated rings. The largest absolute Gasteiger partial charge is 0.490 e. The van der Waals surface area contributed by atoms with Gasteiger partial charge in [-0.05, 0) is 134 Å². The van der Waals surface area contributed by atoms with E-state index in [0.717, 1.165) is 12.8 Å².